The van der Waals surface area contributed by atoms with Gasteiger partial charge in [-0.05, 0) is 19.3 Å². The molecule has 20 heavy (non-hydrogen) atoms. The number of hydrogen-bond donors (Lipinski definition) is 2. The molecule has 1 amide bonds. The highest BCUT2D eigenvalue weighted by molar-refractivity contribution is 5.98. The smallest absolute Gasteiger partial charge is 0.271 e. The van der Waals surface area contributed by atoms with Crippen LogP contribution in [-0.2, 0) is 13.5 Å². The van der Waals surface area contributed by atoms with Gasteiger partial charge in [-0.25, -0.2) is 0 Å². The van der Waals surface area contributed by atoms with E-state index in [9.17, 15) is 4.79 Å². The van der Waals surface area contributed by atoms with E-state index in [1.54, 1.807) is 11.7 Å². The Morgan fingerprint density at radius 1 is 1.30 bits per heavy atom. The van der Waals surface area contributed by atoms with Crippen LogP contribution in [0.15, 0.2) is 0 Å². The zero-order valence-corrected chi connectivity index (χ0v) is 12.6. The molecule has 1 aliphatic rings. The minimum absolute atomic E-state index is 0.0808. The topological polar surface area (TPSA) is 72.9 Å². The van der Waals surface area contributed by atoms with E-state index >= 15 is 0 Å². The number of carbonyl (C=O) groups excluding carboxylic acids is 1. The lowest BCUT2D eigenvalue weighted by molar-refractivity contribution is 0.0922. The van der Waals surface area contributed by atoms with E-state index in [4.69, 9.17) is 5.73 Å². The van der Waals surface area contributed by atoms with Crippen molar-refractivity contribution >= 4 is 11.6 Å². The first-order chi connectivity index (χ1) is 9.63. The highest BCUT2D eigenvalue weighted by atomic mass is 16.2. The summed E-state index contributed by atoms with van der Waals surface area (Å²) in [7, 11) is 1.78. The van der Waals surface area contributed by atoms with E-state index < -0.39 is 0 Å². The third-order valence-electron chi connectivity index (χ3n) is 4.15. The van der Waals surface area contributed by atoms with Crippen molar-refractivity contribution in [2.45, 2.75) is 64.3 Å². The molecule has 2 rings (SSSR count). The zero-order valence-electron chi connectivity index (χ0n) is 12.6. The van der Waals surface area contributed by atoms with E-state index in [2.05, 4.69) is 10.4 Å². The van der Waals surface area contributed by atoms with E-state index in [1.165, 1.54) is 32.1 Å². The summed E-state index contributed by atoms with van der Waals surface area (Å²) in [6, 6.07) is 0.280. The zero-order chi connectivity index (χ0) is 14.5. The van der Waals surface area contributed by atoms with Crippen LogP contribution < -0.4 is 11.1 Å². The third-order valence-corrected chi connectivity index (χ3v) is 4.15. The molecule has 0 atom stereocenters. The summed E-state index contributed by atoms with van der Waals surface area (Å²) in [5.74, 6) is -0.0808. The summed E-state index contributed by atoms with van der Waals surface area (Å²) in [5.41, 5.74) is 7.86. The lowest BCUT2D eigenvalue weighted by Crippen LogP contribution is -2.36. The normalized spacial score (nSPS) is 17.5. The standard InChI is InChI=1S/C15H26N4O/c1-3-12-13(16)14(19(2)18-12)15(20)17-11-9-7-5-4-6-8-10-11/h11H,3-10,16H2,1-2H3,(H,17,20). The number of amides is 1. The molecule has 0 radical (unpaired) electrons. The predicted octanol–water partition coefficient (Wildman–Crippen LogP) is 2.41. The largest absolute Gasteiger partial charge is 0.395 e. The molecule has 0 saturated heterocycles. The van der Waals surface area contributed by atoms with Crippen LogP contribution in [0.25, 0.3) is 0 Å². The van der Waals surface area contributed by atoms with Gasteiger partial charge in [0.05, 0.1) is 11.4 Å². The maximum absolute atomic E-state index is 12.4. The molecule has 1 aromatic heterocycles. The number of aryl methyl sites for hydroxylation is 2. The van der Waals surface area contributed by atoms with Gasteiger partial charge in [0.2, 0.25) is 0 Å². The monoisotopic (exact) mass is 278 g/mol. The molecule has 1 saturated carbocycles. The van der Waals surface area contributed by atoms with E-state index in [-0.39, 0.29) is 11.9 Å². The summed E-state index contributed by atoms with van der Waals surface area (Å²) in [4.78, 5) is 12.4. The van der Waals surface area contributed by atoms with Crippen LogP contribution in [0.4, 0.5) is 5.69 Å². The molecule has 3 N–H and O–H groups in total. The number of nitrogens with zero attached hydrogens (tertiary/aromatic N) is 2. The second-order valence-electron chi connectivity index (χ2n) is 5.70. The number of aromatic nitrogens is 2. The molecule has 0 bridgehead atoms. The number of rotatable bonds is 3. The summed E-state index contributed by atoms with van der Waals surface area (Å²) in [6.45, 7) is 2.00. The van der Waals surface area contributed by atoms with Gasteiger partial charge in [-0.3, -0.25) is 9.48 Å². The van der Waals surface area contributed by atoms with Crippen molar-refractivity contribution in [2.24, 2.45) is 7.05 Å². The van der Waals surface area contributed by atoms with Crippen molar-refractivity contribution in [3.8, 4) is 0 Å². The lowest BCUT2D eigenvalue weighted by Gasteiger charge is -2.21. The van der Waals surface area contributed by atoms with Crippen LogP contribution in [0.5, 0.6) is 0 Å². The molecule has 1 heterocycles. The van der Waals surface area contributed by atoms with Gasteiger partial charge in [0.25, 0.3) is 5.91 Å². The van der Waals surface area contributed by atoms with E-state index in [0.717, 1.165) is 25.0 Å². The van der Waals surface area contributed by atoms with Crippen molar-refractivity contribution in [3.63, 3.8) is 0 Å². The molecule has 0 aliphatic heterocycles. The Morgan fingerprint density at radius 2 is 1.90 bits per heavy atom. The molecule has 0 aromatic carbocycles. The Morgan fingerprint density at radius 3 is 2.45 bits per heavy atom. The Balaban J connectivity index is 2.05. The maximum Gasteiger partial charge on any atom is 0.271 e. The van der Waals surface area contributed by atoms with Crippen LogP contribution in [0.1, 0.15) is 68.1 Å². The number of nitrogens with two attached hydrogens (primary N) is 1. The van der Waals surface area contributed by atoms with Crippen LogP contribution in [0.3, 0.4) is 0 Å². The van der Waals surface area contributed by atoms with Gasteiger partial charge < -0.3 is 11.1 Å². The average molecular weight is 278 g/mol. The SMILES string of the molecule is CCc1nn(C)c(C(=O)NC2CCCCCCC2)c1N. The number of hydrogen-bond acceptors (Lipinski definition) is 3. The predicted molar refractivity (Wildman–Crippen MR) is 80.6 cm³/mol. The summed E-state index contributed by atoms with van der Waals surface area (Å²) < 4.78 is 1.60. The molecule has 0 spiro atoms. The summed E-state index contributed by atoms with van der Waals surface area (Å²) in [6.07, 6.45) is 9.18. The quantitative estimate of drug-likeness (QED) is 0.891. The van der Waals surface area contributed by atoms with Crippen molar-refractivity contribution in [3.05, 3.63) is 11.4 Å². The van der Waals surface area contributed by atoms with Crippen molar-refractivity contribution in [1.29, 1.82) is 0 Å². The van der Waals surface area contributed by atoms with Gasteiger partial charge in [0, 0.05) is 13.1 Å². The lowest BCUT2D eigenvalue weighted by atomic mass is 9.96. The van der Waals surface area contributed by atoms with Gasteiger partial charge >= 0.3 is 0 Å². The van der Waals surface area contributed by atoms with Crippen LogP contribution in [0, 0.1) is 0 Å². The highest BCUT2D eigenvalue weighted by Crippen LogP contribution is 2.20. The van der Waals surface area contributed by atoms with Crippen LogP contribution >= 0.6 is 0 Å². The fourth-order valence-corrected chi connectivity index (χ4v) is 2.98. The van der Waals surface area contributed by atoms with Crippen molar-refractivity contribution in [1.82, 2.24) is 15.1 Å². The fraction of sp³-hybridized carbons (Fsp3) is 0.733. The van der Waals surface area contributed by atoms with Crippen LogP contribution in [-0.4, -0.2) is 21.7 Å². The van der Waals surface area contributed by atoms with Gasteiger partial charge in [-0.1, -0.05) is 39.0 Å². The van der Waals surface area contributed by atoms with Gasteiger partial charge in [0.15, 0.2) is 0 Å². The maximum atomic E-state index is 12.4. The molecule has 1 fully saturated rings. The minimum atomic E-state index is -0.0808. The molecular formula is C15H26N4O. The van der Waals surface area contributed by atoms with Crippen LogP contribution in [0.2, 0.25) is 0 Å². The first-order valence-electron chi connectivity index (χ1n) is 7.75. The second kappa shape index (κ2) is 6.77. The Labute approximate surface area is 120 Å². The fourth-order valence-electron chi connectivity index (χ4n) is 2.98. The Hall–Kier alpha value is -1.52. The first kappa shape index (κ1) is 14.9. The Bertz CT molecular complexity index is 459. The molecule has 0 unspecified atom stereocenters. The molecule has 5 nitrogen and oxygen atoms in total. The van der Waals surface area contributed by atoms with Gasteiger partial charge in [0.1, 0.15) is 5.69 Å². The highest BCUT2D eigenvalue weighted by Gasteiger charge is 2.22. The minimum Gasteiger partial charge on any atom is -0.395 e. The van der Waals surface area contributed by atoms with E-state index in [0.29, 0.717) is 11.4 Å². The van der Waals surface area contributed by atoms with Gasteiger partial charge in [-0.2, -0.15) is 5.10 Å². The molecule has 112 valence electrons. The molecule has 5 heteroatoms. The molecule has 1 aliphatic carbocycles. The summed E-state index contributed by atoms with van der Waals surface area (Å²) >= 11 is 0. The Kier molecular flexibility index (Phi) is 5.04. The number of nitrogens with one attached hydrogen (secondary N) is 1. The first-order valence-corrected chi connectivity index (χ1v) is 7.75. The van der Waals surface area contributed by atoms with Crippen molar-refractivity contribution < 1.29 is 4.79 Å². The number of nitrogen functional groups attached to an aromatic ring is 1. The van der Waals surface area contributed by atoms with Crippen molar-refractivity contribution in [2.75, 3.05) is 5.73 Å². The molecule has 1 aromatic rings. The summed E-state index contributed by atoms with van der Waals surface area (Å²) in [5, 5.41) is 7.45. The number of carbonyl (C=O) groups is 1. The second-order valence-corrected chi connectivity index (χ2v) is 5.70. The number of anilines is 1. The third kappa shape index (κ3) is 3.32. The average Bonchev–Trinajstić information content (AvgIpc) is 2.67. The van der Waals surface area contributed by atoms with Gasteiger partial charge in [-0.15, -0.1) is 0 Å². The molecular weight excluding hydrogens is 252 g/mol. The van der Waals surface area contributed by atoms with E-state index in [1.807, 2.05) is 6.92 Å².